The predicted octanol–water partition coefficient (Wildman–Crippen LogP) is 2.70. The minimum absolute atomic E-state index is 0.109. The van der Waals surface area contributed by atoms with Crippen molar-refractivity contribution in [1.82, 2.24) is 5.32 Å². The molecular formula is C10H11Br2NO3S. The summed E-state index contributed by atoms with van der Waals surface area (Å²) in [6.45, 7) is 1.92. The molecule has 0 fully saturated rings. The summed E-state index contributed by atoms with van der Waals surface area (Å²) in [7, 11) is 0. The number of carbonyl (C=O) groups excluding carboxylic acids is 2. The molecule has 0 saturated carbocycles. The van der Waals surface area contributed by atoms with Gasteiger partial charge in [0.2, 0.25) is 0 Å². The molecule has 0 aromatic carbocycles. The van der Waals surface area contributed by atoms with E-state index in [-0.39, 0.29) is 12.5 Å². The highest BCUT2D eigenvalue weighted by Gasteiger charge is 2.15. The van der Waals surface area contributed by atoms with Crippen LogP contribution in [0.25, 0.3) is 0 Å². The molecule has 1 rings (SSSR count). The van der Waals surface area contributed by atoms with Gasteiger partial charge in [0.15, 0.2) is 0 Å². The van der Waals surface area contributed by atoms with Crippen molar-refractivity contribution in [3.63, 3.8) is 0 Å². The predicted molar refractivity (Wildman–Crippen MR) is 73.6 cm³/mol. The fraction of sp³-hybridized carbons (Fsp3) is 0.400. The summed E-state index contributed by atoms with van der Waals surface area (Å²) in [6.07, 6.45) is 0. The number of alkyl halides is 1. The average molecular weight is 385 g/mol. The van der Waals surface area contributed by atoms with Crippen LogP contribution in [-0.2, 0) is 14.9 Å². The van der Waals surface area contributed by atoms with E-state index in [2.05, 4.69) is 37.2 Å². The molecule has 1 heterocycles. The lowest BCUT2D eigenvalue weighted by Crippen LogP contribution is -2.30. The third kappa shape index (κ3) is 4.40. The van der Waals surface area contributed by atoms with Crippen LogP contribution in [-0.4, -0.2) is 25.0 Å². The number of esters is 1. The summed E-state index contributed by atoms with van der Waals surface area (Å²) in [5.41, 5.74) is 0.572. The Morgan fingerprint density at radius 3 is 2.82 bits per heavy atom. The molecule has 0 saturated heterocycles. The van der Waals surface area contributed by atoms with Crippen molar-refractivity contribution >= 4 is 55.1 Å². The van der Waals surface area contributed by atoms with Crippen LogP contribution in [0.15, 0.2) is 9.85 Å². The van der Waals surface area contributed by atoms with Gasteiger partial charge in [0.25, 0.3) is 5.91 Å². The number of hydrogen-bond donors (Lipinski definition) is 1. The molecule has 0 aliphatic rings. The second-order valence-electron chi connectivity index (χ2n) is 3.01. The van der Waals surface area contributed by atoms with Gasteiger partial charge in [-0.25, -0.2) is 0 Å². The number of hydrogen-bond acceptors (Lipinski definition) is 4. The molecule has 0 unspecified atom stereocenters. The molecule has 0 aliphatic carbocycles. The quantitative estimate of drug-likeness (QED) is 0.627. The maximum absolute atomic E-state index is 11.8. The van der Waals surface area contributed by atoms with Crippen LogP contribution in [0.1, 0.15) is 22.2 Å². The van der Waals surface area contributed by atoms with Crippen LogP contribution in [0, 0.1) is 0 Å². The molecule has 1 aromatic rings. The molecule has 7 heteroatoms. The van der Waals surface area contributed by atoms with Gasteiger partial charge in [-0.1, -0.05) is 15.9 Å². The number of thiophene rings is 1. The highest BCUT2D eigenvalue weighted by Crippen LogP contribution is 2.28. The lowest BCUT2D eigenvalue weighted by atomic mass is 10.2. The Labute approximate surface area is 120 Å². The molecule has 0 aliphatic heterocycles. The smallest absolute Gasteiger partial charge is 0.325 e. The van der Waals surface area contributed by atoms with Gasteiger partial charge in [-0.05, 0) is 28.9 Å². The summed E-state index contributed by atoms with van der Waals surface area (Å²) in [5.74, 6) is -0.704. The van der Waals surface area contributed by atoms with E-state index in [0.29, 0.717) is 17.5 Å². The zero-order chi connectivity index (χ0) is 12.8. The van der Waals surface area contributed by atoms with Crippen molar-refractivity contribution in [1.29, 1.82) is 0 Å². The van der Waals surface area contributed by atoms with Crippen molar-refractivity contribution in [3.8, 4) is 0 Å². The first-order valence-electron chi connectivity index (χ1n) is 4.86. The Balaban J connectivity index is 2.60. The third-order valence-corrected chi connectivity index (χ3v) is 4.41. The first-order valence-corrected chi connectivity index (χ1v) is 7.59. The summed E-state index contributed by atoms with van der Waals surface area (Å²) in [5, 5.41) is 3.13. The Morgan fingerprint density at radius 1 is 1.53 bits per heavy atom. The standard InChI is InChI=1S/C10H11Br2NO3S/c1-2-16-9(14)5-13-10(15)6-3-8(12)17-7(6)4-11/h3H,2,4-5H2,1H3,(H,13,15). The molecule has 4 nitrogen and oxygen atoms in total. The van der Waals surface area contributed by atoms with Crippen LogP contribution >= 0.6 is 43.2 Å². The van der Waals surface area contributed by atoms with Crippen molar-refractivity contribution in [2.24, 2.45) is 0 Å². The van der Waals surface area contributed by atoms with Gasteiger partial charge >= 0.3 is 5.97 Å². The lowest BCUT2D eigenvalue weighted by Gasteiger charge is -2.04. The van der Waals surface area contributed by atoms with Crippen LogP contribution in [0.3, 0.4) is 0 Å². The number of nitrogens with one attached hydrogen (secondary N) is 1. The van der Waals surface area contributed by atoms with Gasteiger partial charge in [-0.2, -0.15) is 0 Å². The molecule has 1 N–H and O–H groups in total. The van der Waals surface area contributed by atoms with Crippen molar-refractivity contribution in [2.45, 2.75) is 12.3 Å². The van der Waals surface area contributed by atoms with Crippen molar-refractivity contribution in [3.05, 3.63) is 20.3 Å². The van der Waals surface area contributed by atoms with E-state index in [0.717, 1.165) is 8.66 Å². The normalized spacial score (nSPS) is 10.1. The molecule has 0 bridgehead atoms. The van der Waals surface area contributed by atoms with E-state index >= 15 is 0 Å². The number of rotatable bonds is 5. The van der Waals surface area contributed by atoms with E-state index in [9.17, 15) is 9.59 Å². The van der Waals surface area contributed by atoms with Gasteiger partial charge < -0.3 is 10.1 Å². The Hall–Kier alpha value is -0.400. The minimum atomic E-state index is -0.435. The van der Waals surface area contributed by atoms with Gasteiger partial charge in [-0.15, -0.1) is 11.3 Å². The molecule has 0 spiro atoms. The molecule has 94 valence electrons. The first-order chi connectivity index (χ1) is 8.08. The maximum atomic E-state index is 11.8. The van der Waals surface area contributed by atoms with Gasteiger partial charge in [0, 0.05) is 10.2 Å². The topological polar surface area (TPSA) is 55.4 Å². The number of carbonyl (C=O) groups is 2. The molecule has 1 amide bonds. The Morgan fingerprint density at radius 2 is 2.24 bits per heavy atom. The zero-order valence-corrected chi connectivity index (χ0v) is 13.1. The summed E-state index contributed by atoms with van der Waals surface area (Å²) < 4.78 is 5.60. The number of halogens is 2. The van der Waals surface area contributed by atoms with Gasteiger partial charge in [0.1, 0.15) is 6.54 Å². The van der Waals surface area contributed by atoms with E-state index in [1.165, 1.54) is 11.3 Å². The van der Waals surface area contributed by atoms with Crippen LogP contribution in [0.4, 0.5) is 0 Å². The number of ether oxygens (including phenoxy) is 1. The fourth-order valence-electron chi connectivity index (χ4n) is 1.15. The fourth-order valence-corrected chi connectivity index (χ4v) is 3.34. The summed E-state index contributed by atoms with van der Waals surface area (Å²) >= 11 is 8.12. The largest absolute Gasteiger partial charge is 0.465 e. The first kappa shape index (κ1) is 14.7. The maximum Gasteiger partial charge on any atom is 0.325 e. The van der Waals surface area contributed by atoms with Crippen LogP contribution in [0.2, 0.25) is 0 Å². The third-order valence-electron chi connectivity index (χ3n) is 1.84. The summed E-state index contributed by atoms with van der Waals surface area (Å²) in [6, 6.07) is 1.74. The molecule has 0 atom stereocenters. The lowest BCUT2D eigenvalue weighted by molar-refractivity contribution is -0.141. The second kappa shape index (κ2) is 7.13. The monoisotopic (exact) mass is 383 g/mol. The van der Waals surface area contributed by atoms with E-state index in [1.54, 1.807) is 13.0 Å². The van der Waals surface area contributed by atoms with Crippen molar-refractivity contribution < 1.29 is 14.3 Å². The highest BCUT2D eigenvalue weighted by atomic mass is 79.9. The van der Waals surface area contributed by atoms with Crippen LogP contribution < -0.4 is 5.32 Å². The Bertz CT molecular complexity index is 420. The van der Waals surface area contributed by atoms with E-state index in [1.807, 2.05) is 0 Å². The molecule has 1 aromatic heterocycles. The second-order valence-corrected chi connectivity index (χ2v) is 6.09. The molecule has 17 heavy (non-hydrogen) atoms. The Kier molecular flexibility index (Phi) is 6.15. The average Bonchev–Trinajstić information content (AvgIpc) is 2.68. The molecular weight excluding hydrogens is 374 g/mol. The highest BCUT2D eigenvalue weighted by molar-refractivity contribution is 9.11. The van der Waals surface area contributed by atoms with Crippen LogP contribution in [0.5, 0.6) is 0 Å². The van der Waals surface area contributed by atoms with Gasteiger partial charge in [0.05, 0.1) is 16.0 Å². The zero-order valence-electron chi connectivity index (χ0n) is 9.09. The molecule has 0 radical (unpaired) electrons. The minimum Gasteiger partial charge on any atom is -0.465 e. The van der Waals surface area contributed by atoms with E-state index < -0.39 is 5.97 Å². The van der Waals surface area contributed by atoms with Gasteiger partial charge in [-0.3, -0.25) is 9.59 Å². The number of amides is 1. The van der Waals surface area contributed by atoms with E-state index in [4.69, 9.17) is 4.74 Å². The van der Waals surface area contributed by atoms with Crippen molar-refractivity contribution in [2.75, 3.05) is 13.2 Å². The summed E-state index contributed by atoms with van der Waals surface area (Å²) in [4.78, 5) is 23.8. The SMILES string of the molecule is CCOC(=O)CNC(=O)c1cc(Br)sc1CBr.